The Labute approximate surface area is 252 Å². The van der Waals surface area contributed by atoms with E-state index in [4.69, 9.17) is 19.8 Å². The molecule has 3 fully saturated rings. The molecule has 3 saturated heterocycles. The summed E-state index contributed by atoms with van der Waals surface area (Å²) in [4.78, 5) is 16.2. The van der Waals surface area contributed by atoms with Gasteiger partial charge in [-0.2, -0.15) is 13.2 Å². The molecule has 232 valence electrons. The van der Waals surface area contributed by atoms with Crippen LogP contribution in [0.3, 0.4) is 0 Å². The van der Waals surface area contributed by atoms with Crippen molar-refractivity contribution in [1.29, 1.82) is 0 Å². The van der Waals surface area contributed by atoms with Gasteiger partial charge in [-0.1, -0.05) is 23.3 Å². The van der Waals surface area contributed by atoms with Crippen molar-refractivity contribution in [3.05, 3.63) is 52.3 Å². The van der Waals surface area contributed by atoms with Crippen LogP contribution in [0, 0.1) is 6.92 Å². The molecule has 2 atom stereocenters. The van der Waals surface area contributed by atoms with Gasteiger partial charge in [-0.15, -0.1) is 5.10 Å². The number of aromatic nitrogens is 3. The number of halogens is 3. The molecule has 43 heavy (non-hydrogen) atoms. The SMILES string of the molecule is Cc1c(Cc2c(CN3CCCC34CC[S+]([O-])C4)nc3c(/N=C/N(C)C)cc(N4CCOCC4)nn23)cccc1C(F)(F)F. The summed E-state index contributed by atoms with van der Waals surface area (Å²) in [7, 11) is 3.78. The Morgan fingerprint density at radius 2 is 1.98 bits per heavy atom. The van der Waals surface area contributed by atoms with Gasteiger partial charge in [-0.05, 0) is 43.5 Å². The van der Waals surface area contributed by atoms with Gasteiger partial charge in [0, 0.05) is 52.6 Å². The van der Waals surface area contributed by atoms with Gasteiger partial charge in [0.05, 0.1) is 42.0 Å². The first-order valence-corrected chi connectivity index (χ1v) is 16.2. The van der Waals surface area contributed by atoms with Gasteiger partial charge in [0.1, 0.15) is 17.2 Å². The topological polar surface area (TPSA) is 84.6 Å². The van der Waals surface area contributed by atoms with Crippen molar-refractivity contribution >= 4 is 34.7 Å². The van der Waals surface area contributed by atoms with E-state index in [0.717, 1.165) is 49.1 Å². The van der Waals surface area contributed by atoms with E-state index in [1.54, 1.807) is 16.9 Å². The van der Waals surface area contributed by atoms with Crippen molar-refractivity contribution < 1.29 is 22.5 Å². The molecule has 13 heteroatoms. The summed E-state index contributed by atoms with van der Waals surface area (Å²) in [5.74, 6) is 2.07. The molecule has 0 aliphatic carbocycles. The van der Waals surface area contributed by atoms with Gasteiger partial charge in [0.2, 0.25) is 0 Å². The van der Waals surface area contributed by atoms with Crippen molar-refractivity contribution in [2.24, 2.45) is 4.99 Å². The van der Waals surface area contributed by atoms with E-state index in [1.807, 2.05) is 25.1 Å². The number of ether oxygens (including phenoxy) is 1. The van der Waals surface area contributed by atoms with Gasteiger partial charge >= 0.3 is 6.18 Å². The molecule has 6 rings (SSSR count). The average molecular weight is 618 g/mol. The predicted molar refractivity (Wildman–Crippen MR) is 162 cm³/mol. The second-order valence-electron chi connectivity index (χ2n) is 12.0. The van der Waals surface area contributed by atoms with E-state index in [9.17, 15) is 17.7 Å². The molecule has 3 aromatic rings. The molecule has 2 unspecified atom stereocenters. The fourth-order valence-corrected chi connectivity index (χ4v) is 8.41. The Morgan fingerprint density at radius 3 is 2.67 bits per heavy atom. The Balaban J connectivity index is 1.50. The minimum Gasteiger partial charge on any atom is -0.616 e. The van der Waals surface area contributed by atoms with Crippen LogP contribution in [-0.2, 0) is 35.1 Å². The number of hydrogen-bond donors (Lipinski definition) is 0. The first kappa shape index (κ1) is 30.2. The lowest BCUT2D eigenvalue weighted by Crippen LogP contribution is -2.44. The van der Waals surface area contributed by atoms with Crippen LogP contribution < -0.4 is 4.90 Å². The van der Waals surface area contributed by atoms with Crippen LogP contribution in [0.2, 0.25) is 0 Å². The number of imidazole rings is 1. The zero-order valence-corrected chi connectivity index (χ0v) is 25.7. The van der Waals surface area contributed by atoms with E-state index in [2.05, 4.69) is 9.80 Å². The van der Waals surface area contributed by atoms with E-state index >= 15 is 0 Å². The van der Waals surface area contributed by atoms with Crippen molar-refractivity contribution in [1.82, 2.24) is 24.4 Å². The average Bonchev–Trinajstić information content (AvgIpc) is 3.65. The molecule has 0 amide bonds. The number of hydrogen-bond acceptors (Lipinski definition) is 7. The van der Waals surface area contributed by atoms with Crippen LogP contribution in [0.15, 0.2) is 29.3 Å². The highest BCUT2D eigenvalue weighted by Gasteiger charge is 2.49. The monoisotopic (exact) mass is 617 g/mol. The van der Waals surface area contributed by atoms with Gasteiger partial charge in [0.25, 0.3) is 0 Å². The zero-order valence-electron chi connectivity index (χ0n) is 24.9. The van der Waals surface area contributed by atoms with Crippen molar-refractivity contribution in [3.63, 3.8) is 0 Å². The lowest BCUT2D eigenvalue weighted by atomic mass is 9.95. The molecule has 9 nitrogen and oxygen atoms in total. The van der Waals surface area contributed by atoms with Crippen LogP contribution in [0.1, 0.15) is 47.3 Å². The summed E-state index contributed by atoms with van der Waals surface area (Å²) in [6, 6.07) is 6.28. The van der Waals surface area contributed by atoms with E-state index in [0.29, 0.717) is 61.3 Å². The molecule has 0 N–H and O–H groups in total. The maximum Gasteiger partial charge on any atom is 0.416 e. The number of benzene rings is 1. The molecule has 0 radical (unpaired) electrons. The highest BCUT2D eigenvalue weighted by Crippen LogP contribution is 2.41. The molecule has 1 aromatic carbocycles. The van der Waals surface area contributed by atoms with E-state index in [-0.39, 0.29) is 17.5 Å². The van der Waals surface area contributed by atoms with Crippen molar-refractivity contribution in [2.45, 2.75) is 50.9 Å². The first-order chi connectivity index (χ1) is 20.5. The Kier molecular flexibility index (Phi) is 8.35. The second kappa shape index (κ2) is 11.9. The number of fused-ring (bicyclic) bond motifs is 1. The first-order valence-electron chi connectivity index (χ1n) is 14.7. The summed E-state index contributed by atoms with van der Waals surface area (Å²) in [6.45, 7) is 5.42. The lowest BCUT2D eigenvalue weighted by molar-refractivity contribution is -0.138. The quantitative estimate of drug-likeness (QED) is 0.223. The van der Waals surface area contributed by atoms with Crippen LogP contribution in [0.4, 0.5) is 24.7 Å². The number of morpholine rings is 1. The molecule has 1 spiro atoms. The number of nitrogens with zero attached hydrogens (tertiary/aromatic N) is 7. The molecule has 5 heterocycles. The van der Waals surface area contributed by atoms with Crippen LogP contribution in [-0.4, -0.2) is 99.3 Å². The Hall–Kier alpha value is -2.87. The highest BCUT2D eigenvalue weighted by molar-refractivity contribution is 7.91. The third-order valence-electron chi connectivity index (χ3n) is 8.91. The number of aliphatic imine (C=N–C) groups is 1. The lowest BCUT2D eigenvalue weighted by Gasteiger charge is -2.32. The fraction of sp³-hybridized carbons (Fsp3) is 0.567. The Morgan fingerprint density at radius 1 is 1.19 bits per heavy atom. The maximum atomic E-state index is 13.9. The van der Waals surface area contributed by atoms with Crippen LogP contribution >= 0.6 is 0 Å². The number of anilines is 1. The third kappa shape index (κ3) is 6.09. The zero-order chi connectivity index (χ0) is 30.4. The molecule has 0 saturated carbocycles. The molecule has 3 aliphatic heterocycles. The minimum atomic E-state index is -4.45. The van der Waals surface area contributed by atoms with E-state index in [1.165, 1.54) is 13.0 Å². The van der Waals surface area contributed by atoms with Gasteiger partial charge in [0.15, 0.2) is 11.5 Å². The smallest absolute Gasteiger partial charge is 0.416 e. The van der Waals surface area contributed by atoms with E-state index < -0.39 is 22.9 Å². The van der Waals surface area contributed by atoms with Crippen molar-refractivity contribution in [3.8, 4) is 0 Å². The second-order valence-corrected chi connectivity index (χ2v) is 13.6. The standard InChI is InChI=1S/C30H38F3N7O2S/c1-21-22(6-4-7-23(21)30(31,32)33)16-26-25(18-39-10-5-8-29(39)9-15-43(41)19-29)35-28-24(34-20-37(2)3)17-27(36-40(26)28)38-11-13-42-14-12-38/h4,6-7,17,20H,5,8-16,18-19H2,1-3H3/b34-20+. The molecule has 2 aromatic heterocycles. The largest absolute Gasteiger partial charge is 0.616 e. The summed E-state index contributed by atoms with van der Waals surface area (Å²) < 4.78 is 61.5. The number of likely N-dealkylation sites (tertiary alicyclic amines) is 1. The normalized spacial score (nSPS) is 23.4. The van der Waals surface area contributed by atoms with Crippen LogP contribution in [0.5, 0.6) is 0 Å². The van der Waals surface area contributed by atoms with Crippen molar-refractivity contribution in [2.75, 3.05) is 63.3 Å². The predicted octanol–water partition coefficient (Wildman–Crippen LogP) is 4.19. The Bertz CT molecular complexity index is 1510. The molecule has 0 bridgehead atoms. The summed E-state index contributed by atoms with van der Waals surface area (Å²) in [6.07, 6.45) is 0.393. The third-order valence-corrected chi connectivity index (χ3v) is 10.4. The molecular formula is C30H38F3N7O2S. The molecule has 3 aliphatic rings. The summed E-state index contributed by atoms with van der Waals surface area (Å²) >= 11 is -0.839. The van der Waals surface area contributed by atoms with Gasteiger partial charge in [-0.3, -0.25) is 4.90 Å². The maximum absolute atomic E-state index is 13.9. The minimum absolute atomic E-state index is 0.123. The number of rotatable bonds is 7. The van der Waals surface area contributed by atoms with Gasteiger partial charge < -0.3 is 19.1 Å². The summed E-state index contributed by atoms with van der Waals surface area (Å²) in [5, 5.41) is 5.03. The van der Waals surface area contributed by atoms with Gasteiger partial charge in [-0.25, -0.2) is 14.5 Å². The van der Waals surface area contributed by atoms with Crippen LogP contribution in [0.25, 0.3) is 5.65 Å². The highest BCUT2D eigenvalue weighted by atomic mass is 32.2. The fourth-order valence-electron chi connectivity index (χ4n) is 6.58. The number of alkyl halides is 3. The molecular weight excluding hydrogens is 579 g/mol. The summed E-state index contributed by atoms with van der Waals surface area (Å²) in [5.41, 5.74) is 2.74.